The van der Waals surface area contributed by atoms with Crippen molar-refractivity contribution < 1.29 is 14.6 Å². The van der Waals surface area contributed by atoms with Crippen LogP contribution in [0.1, 0.15) is 25.0 Å². The molecule has 1 aliphatic rings. The van der Waals surface area contributed by atoms with Crippen LogP contribution in [0.5, 0.6) is 0 Å². The fourth-order valence-electron chi connectivity index (χ4n) is 2.53. The molecule has 1 fully saturated rings. The van der Waals surface area contributed by atoms with E-state index in [2.05, 4.69) is 5.32 Å². The SMILES string of the molecule is CC[C@@H](O)c1ccccc1N1CCOCC1C(=O)NC. The second-order valence-electron chi connectivity index (χ2n) is 4.88. The number of ether oxygens (including phenoxy) is 1. The van der Waals surface area contributed by atoms with E-state index < -0.39 is 6.10 Å². The van der Waals surface area contributed by atoms with Gasteiger partial charge in [0.15, 0.2) is 0 Å². The monoisotopic (exact) mass is 278 g/mol. The second-order valence-corrected chi connectivity index (χ2v) is 4.88. The Morgan fingerprint density at radius 1 is 1.55 bits per heavy atom. The molecule has 2 rings (SSSR count). The van der Waals surface area contributed by atoms with Crippen molar-refractivity contribution in [2.75, 3.05) is 31.7 Å². The van der Waals surface area contributed by atoms with Gasteiger partial charge >= 0.3 is 0 Å². The number of aliphatic hydroxyl groups excluding tert-OH is 1. The maximum Gasteiger partial charge on any atom is 0.244 e. The van der Waals surface area contributed by atoms with Gasteiger partial charge in [-0.05, 0) is 12.5 Å². The van der Waals surface area contributed by atoms with E-state index in [-0.39, 0.29) is 11.9 Å². The van der Waals surface area contributed by atoms with E-state index in [1.165, 1.54) is 0 Å². The Labute approximate surface area is 119 Å². The van der Waals surface area contributed by atoms with E-state index in [1.807, 2.05) is 36.1 Å². The van der Waals surface area contributed by atoms with Crippen molar-refractivity contribution in [3.8, 4) is 0 Å². The number of nitrogens with one attached hydrogen (secondary N) is 1. The molecule has 2 N–H and O–H groups in total. The first-order valence-electron chi connectivity index (χ1n) is 7.02. The molecule has 0 aromatic heterocycles. The molecule has 1 saturated heterocycles. The highest BCUT2D eigenvalue weighted by Crippen LogP contribution is 2.30. The van der Waals surface area contributed by atoms with Crippen molar-refractivity contribution in [3.63, 3.8) is 0 Å². The van der Waals surface area contributed by atoms with E-state index in [4.69, 9.17) is 4.74 Å². The van der Waals surface area contributed by atoms with Crippen molar-refractivity contribution in [1.29, 1.82) is 0 Å². The molecule has 0 spiro atoms. The second kappa shape index (κ2) is 6.72. The van der Waals surface area contributed by atoms with Gasteiger partial charge in [-0.15, -0.1) is 0 Å². The van der Waals surface area contributed by atoms with Crippen molar-refractivity contribution in [2.24, 2.45) is 0 Å². The molecule has 1 heterocycles. The molecule has 1 amide bonds. The number of rotatable bonds is 4. The Hall–Kier alpha value is -1.59. The van der Waals surface area contributed by atoms with Crippen LogP contribution in [-0.4, -0.2) is 43.9 Å². The summed E-state index contributed by atoms with van der Waals surface area (Å²) in [6, 6.07) is 7.36. The zero-order valence-electron chi connectivity index (χ0n) is 12.0. The molecule has 2 atom stereocenters. The molecule has 0 aliphatic carbocycles. The molecule has 1 unspecified atom stereocenters. The standard InChI is InChI=1S/C15H22N2O3/c1-3-14(18)11-6-4-5-7-12(11)17-8-9-20-10-13(17)15(19)16-2/h4-7,13-14,18H,3,8-10H2,1-2H3,(H,16,19)/t13?,14-/m1/s1. The number of para-hydroxylation sites is 1. The van der Waals surface area contributed by atoms with Crippen molar-refractivity contribution in [3.05, 3.63) is 29.8 Å². The van der Waals surface area contributed by atoms with Gasteiger partial charge in [-0.25, -0.2) is 0 Å². The normalized spacial score (nSPS) is 20.6. The highest BCUT2D eigenvalue weighted by Gasteiger charge is 2.30. The Morgan fingerprint density at radius 3 is 3.00 bits per heavy atom. The molecule has 5 heteroatoms. The van der Waals surface area contributed by atoms with E-state index in [1.54, 1.807) is 7.05 Å². The summed E-state index contributed by atoms with van der Waals surface area (Å²) in [6.45, 7) is 3.54. The Kier molecular flexibility index (Phi) is 4.98. The average Bonchev–Trinajstić information content (AvgIpc) is 2.53. The lowest BCUT2D eigenvalue weighted by molar-refractivity contribution is -0.124. The molecule has 0 saturated carbocycles. The highest BCUT2D eigenvalue weighted by molar-refractivity contribution is 5.85. The summed E-state index contributed by atoms with van der Waals surface area (Å²) >= 11 is 0. The minimum atomic E-state index is -0.514. The number of aliphatic hydroxyl groups is 1. The third-order valence-electron chi connectivity index (χ3n) is 3.67. The maximum absolute atomic E-state index is 12.0. The van der Waals surface area contributed by atoms with Gasteiger partial charge in [-0.2, -0.15) is 0 Å². The molecule has 20 heavy (non-hydrogen) atoms. The Morgan fingerprint density at radius 2 is 2.30 bits per heavy atom. The Bertz CT molecular complexity index is 464. The quantitative estimate of drug-likeness (QED) is 0.865. The summed E-state index contributed by atoms with van der Waals surface area (Å²) in [7, 11) is 1.63. The summed E-state index contributed by atoms with van der Waals surface area (Å²) < 4.78 is 5.42. The first kappa shape index (κ1) is 14.8. The van der Waals surface area contributed by atoms with Gasteiger partial charge in [0.25, 0.3) is 0 Å². The number of benzene rings is 1. The zero-order valence-corrected chi connectivity index (χ0v) is 12.0. The van der Waals surface area contributed by atoms with Crippen LogP contribution in [0.2, 0.25) is 0 Å². The van der Waals surface area contributed by atoms with Gasteiger partial charge in [0.2, 0.25) is 5.91 Å². The van der Waals surface area contributed by atoms with Crippen molar-refractivity contribution in [1.82, 2.24) is 5.32 Å². The number of nitrogens with zero attached hydrogens (tertiary/aromatic N) is 1. The third kappa shape index (κ3) is 2.94. The van der Waals surface area contributed by atoms with Crippen LogP contribution in [0.15, 0.2) is 24.3 Å². The van der Waals surface area contributed by atoms with E-state index >= 15 is 0 Å². The summed E-state index contributed by atoms with van der Waals surface area (Å²) in [5.74, 6) is -0.0644. The number of carbonyl (C=O) groups excluding carboxylic acids is 1. The molecule has 5 nitrogen and oxygen atoms in total. The van der Waals surface area contributed by atoms with Gasteiger partial charge < -0.3 is 20.1 Å². The molecule has 1 aromatic rings. The van der Waals surface area contributed by atoms with Gasteiger partial charge in [-0.3, -0.25) is 4.79 Å². The summed E-state index contributed by atoms with van der Waals surface area (Å²) in [4.78, 5) is 14.0. The van der Waals surface area contributed by atoms with Crippen molar-refractivity contribution in [2.45, 2.75) is 25.5 Å². The largest absolute Gasteiger partial charge is 0.388 e. The Balaban J connectivity index is 2.35. The number of morpholine rings is 1. The van der Waals surface area contributed by atoms with E-state index in [9.17, 15) is 9.90 Å². The van der Waals surface area contributed by atoms with Crippen molar-refractivity contribution >= 4 is 11.6 Å². The van der Waals surface area contributed by atoms with Crippen LogP contribution in [0.3, 0.4) is 0 Å². The minimum Gasteiger partial charge on any atom is -0.388 e. The van der Waals surface area contributed by atoms with Crippen LogP contribution in [-0.2, 0) is 9.53 Å². The summed E-state index contributed by atoms with van der Waals surface area (Å²) in [5, 5.41) is 12.8. The van der Waals surface area contributed by atoms with Crippen LogP contribution >= 0.6 is 0 Å². The van der Waals surface area contributed by atoms with Crippen LogP contribution in [0.25, 0.3) is 0 Å². The lowest BCUT2D eigenvalue weighted by Gasteiger charge is -2.37. The van der Waals surface area contributed by atoms with Gasteiger partial charge in [0.1, 0.15) is 6.04 Å². The number of hydrogen-bond donors (Lipinski definition) is 2. The van der Waals surface area contributed by atoms with Gasteiger partial charge in [0.05, 0.1) is 19.3 Å². The number of carbonyl (C=O) groups is 1. The van der Waals surface area contributed by atoms with Crippen LogP contribution < -0.4 is 10.2 Å². The van der Waals surface area contributed by atoms with E-state index in [0.717, 1.165) is 11.3 Å². The highest BCUT2D eigenvalue weighted by atomic mass is 16.5. The molecule has 0 radical (unpaired) electrons. The summed E-state index contributed by atoms with van der Waals surface area (Å²) in [6.07, 6.45) is 0.130. The van der Waals surface area contributed by atoms with Gasteiger partial charge in [0, 0.05) is 24.8 Å². The van der Waals surface area contributed by atoms with Crippen LogP contribution in [0.4, 0.5) is 5.69 Å². The fraction of sp³-hybridized carbons (Fsp3) is 0.533. The number of amides is 1. The van der Waals surface area contributed by atoms with Gasteiger partial charge in [-0.1, -0.05) is 25.1 Å². The molecular weight excluding hydrogens is 256 g/mol. The predicted octanol–water partition coefficient (Wildman–Crippen LogP) is 1.08. The predicted molar refractivity (Wildman–Crippen MR) is 77.7 cm³/mol. The molecule has 0 bridgehead atoms. The number of likely N-dealkylation sites (N-methyl/N-ethyl adjacent to an activating group) is 1. The lowest BCUT2D eigenvalue weighted by atomic mass is 10.0. The molecule has 1 aliphatic heterocycles. The summed E-state index contributed by atoms with van der Waals surface area (Å²) in [5.41, 5.74) is 1.78. The lowest BCUT2D eigenvalue weighted by Crippen LogP contribution is -2.53. The first-order valence-corrected chi connectivity index (χ1v) is 7.02. The maximum atomic E-state index is 12.0. The molecule has 110 valence electrons. The molecular formula is C15H22N2O3. The third-order valence-corrected chi connectivity index (χ3v) is 3.67. The molecule has 1 aromatic carbocycles. The topological polar surface area (TPSA) is 61.8 Å². The number of anilines is 1. The van der Waals surface area contributed by atoms with E-state index in [0.29, 0.717) is 26.2 Å². The average molecular weight is 278 g/mol. The fourth-order valence-corrected chi connectivity index (χ4v) is 2.53. The smallest absolute Gasteiger partial charge is 0.244 e. The zero-order chi connectivity index (χ0) is 14.5. The minimum absolute atomic E-state index is 0.0644. The number of hydrogen-bond acceptors (Lipinski definition) is 4. The first-order chi connectivity index (χ1) is 9.69. The van der Waals surface area contributed by atoms with Crippen LogP contribution in [0, 0.1) is 0 Å².